The molecule has 5 nitrogen and oxygen atoms in total. The van der Waals surface area contributed by atoms with Crippen molar-refractivity contribution in [2.75, 3.05) is 19.8 Å². The van der Waals surface area contributed by atoms with Gasteiger partial charge in [0.1, 0.15) is 11.5 Å². The highest BCUT2D eigenvalue weighted by Crippen LogP contribution is 2.21. The summed E-state index contributed by atoms with van der Waals surface area (Å²) in [5, 5.41) is 2.85. The van der Waals surface area contributed by atoms with E-state index in [-0.39, 0.29) is 5.91 Å². The van der Waals surface area contributed by atoms with Crippen molar-refractivity contribution in [3.63, 3.8) is 0 Å². The molecule has 1 fully saturated rings. The van der Waals surface area contributed by atoms with Crippen molar-refractivity contribution in [3.8, 4) is 11.5 Å². The summed E-state index contributed by atoms with van der Waals surface area (Å²) >= 11 is 0. The van der Waals surface area contributed by atoms with Crippen LogP contribution >= 0.6 is 0 Å². The molecule has 0 bridgehead atoms. The normalized spacial score (nSPS) is 17.5. The zero-order chi connectivity index (χ0) is 15.9. The van der Waals surface area contributed by atoms with Gasteiger partial charge in [-0.25, -0.2) is 0 Å². The minimum Gasteiger partial charge on any atom is -0.457 e. The molecule has 2 aromatic carbocycles. The minimum absolute atomic E-state index is 0.144. The smallest absolute Gasteiger partial charge is 0.251 e. The lowest BCUT2D eigenvalue weighted by Crippen LogP contribution is -2.42. The maximum Gasteiger partial charge on any atom is 0.251 e. The molecular formula is C18H19NO4. The summed E-state index contributed by atoms with van der Waals surface area (Å²) in [5.74, 6) is 1.41. The molecule has 120 valence electrons. The predicted octanol–water partition coefficient (Wildman–Crippen LogP) is 2.51. The highest BCUT2D eigenvalue weighted by molar-refractivity contribution is 5.80. The Bertz CT molecular complexity index is 621. The molecular weight excluding hydrogens is 294 g/mol. The van der Waals surface area contributed by atoms with Crippen LogP contribution in [0.5, 0.6) is 11.5 Å². The summed E-state index contributed by atoms with van der Waals surface area (Å²) in [4.78, 5) is 11.9. The van der Waals surface area contributed by atoms with Crippen molar-refractivity contribution in [1.82, 2.24) is 5.32 Å². The zero-order valence-corrected chi connectivity index (χ0v) is 12.7. The van der Waals surface area contributed by atoms with E-state index in [0.717, 1.165) is 17.1 Å². The number of amides is 1. The van der Waals surface area contributed by atoms with E-state index in [1.807, 2.05) is 54.6 Å². The average molecular weight is 313 g/mol. The molecule has 23 heavy (non-hydrogen) atoms. The number of ether oxygens (including phenoxy) is 3. The van der Waals surface area contributed by atoms with Crippen LogP contribution in [0.1, 0.15) is 5.56 Å². The van der Waals surface area contributed by atoms with Gasteiger partial charge in [0.2, 0.25) is 0 Å². The Morgan fingerprint density at radius 2 is 1.78 bits per heavy atom. The molecule has 1 N–H and O–H groups in total. The molecule has 1 atom stereocenters. The van der Waals surface area contributed by atoms with Crippen molar-refractivity contribution >= 4 is 5.91 Å². The van der Waals surface area contributed by atoms with E-state index in [4.69, 9.17) is 14.2 Å². The van der Waals surface area contributed by atoms with Crippen LogP contribution in [0, 0.1) is 0 Å². The molecule has 0 aromatic heterocycles. The maximum atomic E-state index is 11.9. The highest BCUT2D eigenvalue weighted by atomic mass is 16.6. The van der Waals surface area contributed by atoms with Gasteiger partial charge in [0, 0.05) is 6.54 Å². The summed E-state index contributed by atoms with van der Waals surface area (Å²) in [6.45, 7) is 1.77. The molecule has 0 spiro atoms. The number of rotatable bonds is 5. The summed E-state index contributed by atoms with van der Waals surface area (Å²) in [6, 6.07) is 17.2. The van der Waals surface area contributed by atoms with Crippen molar-refractivity contribution in [1.29, 1.82) is 0 Å². The number of hydrogen-bond donors (Lipinski definition) is 1. The van der Waals surface area contributed by atoms with Crippen LogP contribution in [-0.2, 0) is 20.8 Å². The van der Waals surface area contributed by atoms with E-state index < -0.39 is 6.10 Å². The number of hydrogen-bond acceptors (Lipinski definition) is 4. The fourth-order valence-corrected chi connectivity index (χ4v) is 2.24. The molecule has 5 heteroatoms. The van der Waals surface area contributed by atoms with Gasteiger partial charge in [0.15, 0.2) is 6.10 Å². The van der Waals surface area contributed by atoms with Gasteiger partial charge < -0.3 is 19.5 Å². The summed E-state index contributed by atoms with van der Waals surface area (Å²) < 4.78 is 16.3. The molecule has 0 radical (unpaired) electrons. The molecule has 1 saturated heterocycles. The maximum absolute atomic E-state index is 11.9. The van der Waals surface area contributed by atoms with Gasteiger partial charge in [-0.15, -0.1) is 0 Å². The highest BCUT2D eigenvalue weighted by Gasteiger charge is 2.22. The summed E-state index contributed by atoms with van der Waals surface area (Å²) in [7, 11) is 0. The van der Waals surface area contributed by atoms with E-state index in [2.05, 4.69) is 5.32 Å². The Morgan fingerprint density at radius 1 is 1.04 bits per heavy atom. The van der Waals surface area contributed by atoms with E-state index in [1.54, 1.807) is 0 Å². The molecule has 2 aromatic rings. The summed E-state index contributed by atoms with van der Waals surface area (Å²) in [5.41, 5.74) is 0.996. The molecule has 1 amide bonds. The van der Waals surface area contributed by atoms with Crippen LogP contribution in [0.3, 0.4) is 0 Å². The first-order chi connectivity index (χ1) is 11.3. The zero-order valence-electron chi connectivity index (χ0n) is 12.7. The van der Waals surface area contributed by atoms with Gasteiger partial charge in [0.25, 0.3) is 5.91 Å². The number of nitrogens with one attached hydrogen (secondary N) is 1. The monoisotopic (exact) mass is 313 g/mol. The lowest BCUT2D eigenvalue weighted by molar-refractivity contribution is -0.147. The standard InChI is InChI=1S/C18H19NO4/c20-18(17-13-21-10-11-22-17)19-12-14-6-8-16(9-7-14)23-15-4-2-1-3-5-15/h1-9,17H,10-13H2,(H,19,20). The molecule has 1 aliphatic heterocycles. The molecule has 0 saturated carbocycles. The lowest BCUT2D eigenvalue weighted by Gasteiger charge is -2.22. The largest absolute Gasteiger partial charge is 0.457 e. The van der Waals surface area contributed by atoms with Gasteiger partial charge in [0.05, 0.1) is 19.8 Å². The van der Waals surface area contributed by atoms with Crippen molar-refractivity contribution in [2.24, 2.45) is 0 Å². The van der Waals surface area contributed by atoms with Crippen LogP contribution in [0.2, 0.25) is 0 Å². The molecule has 1 heterocycles. The van der Waals surface area contributed by atoms with Crippen LogP contribution in [-0.4, -0.2) is 31.8 Å². The number of carbonyl (C=O) groups is 1. The Labute approximate surface area is 135 Å². The van der Waals surface area contributed by atoms with Crippen molar-refractivity contribution in [3.05, 3.63) is 60.2 Å². The van der Waals surface area contributed by atoms with Crippen molar-refractivity contribution in [2.45, 2.75) is 12.6 Å². The fourth-order valence-electron chi connectivity index (χ4n) is 2.24. The summed E-state index contributed by atoms with van der Waals surface area (Å²) in [6.07, 6.45) is -0.510. The topological polar surface area (TPSA) is 56.8 Å². The van der Waals surface area contributed by atoms with Crippen LogP contribution in [0.25, 0.3) is 0 Å². The van der Waals surface area contributed by atoms with Crippen LogP contribution in [0.4, 0.5) is 0 Å². The molecule has 3 rings (SSSR count). The van der Waals surface area contributed by atoms with Gasteiger partial charge >= 0.3 is 0 Å². The Balaban J connectivity index is 1.50. The predicted molar refractivity (Wildman–Crippen MR) is 85.4 cm³/mol. The Hall–Kier alpha value is -2.37. The van der Waals surface area contributed by atoms with Gasteiger partial charge in [-0.2, -0.15) is 0 Å². The first-order valence-electron chi connectivity index (χ1n) is 7.60. The van der Waals surface area contributed by atoms with E-state index in [9.17, 15) is 4.79 Å². The number of carbonyl (C=O) groups excluding carboxylic acids is 1. The van der Waals surface area contributed by atoms with Crippen molar-refractivity contribution < 1.29 is 19.0 Å². The third kappa shape index (κ3) is 4.55. The number of benzene rings is 2. The van der Waals surface area contributed by atoms with E-state index in [0.29, 0.717) is 26.4 Å². The van der Waals surface area contributed by atoms with Crippen LogP contribution in [0.15, 0.2) is 54.6 Å². The van der Waals surface area contributed by atoms with Gasteiger partial charge in [-0.3, -0.25) is 4.79 Å². The SMILES string of the molecule is O=C(NCc1ccc(Oc2ccccc2)cc1)C1COCCO1. The Kier molecular flexibility index (Phi) is 5.24. The minimum atomic E-state index is -0.510. The second-order valence-corrected chi connectivity index (χ2v) is 5.21. The molecule has 1 unspecified atom stereocenters. The average Bonchev–Trinajstić information content (AvgIpc) is 2.62. The first kappa shape index (κ1) is 15.5. The quantitative estimate of drug-likeness (QED) is 0.921. The lowest BCUT2D eigenvalue weighted by atomic mass is 10.2. The Morgan fingerprint density at radius 3 is 2.48 bits per heavy atom. The van der Waals surface area contributed by atoms with E-state index >= 15 is 0 Å². The first-order valence-corrected chi connectivity index (χ1v) is 7.60. The van der Waals surface area contributed by atoms with E-state index in [1.165, 1.54) is 0 Å². The van der Waals surface area contributed by atoms with Crippen LogP contribution < -0.4 is 10.1 Å². The third-order valence-electron chi connectivity index (χ3n) is 3.48. The van der Waals surface area contributed by atoms with Gasteiger partial charge in [-0.1, -0.05) is 30.3 Å². The third-order valence-corrected chi connectivity index (χ3v) is 3.48. The second-order valence-electron chi connectivity index (χ2n) is 5.21. The van der Waals surface area contributed by atoms with Gasteiger partial charge in [-0.05, 0) is 29.8 Å². The fraction of sp³-hybridized carbons (Fsp3) is 0.278. The molecule has 1 aliphatic rings. The second kappa shape index (κ2) is 7.76. The number of para-hydroxylation sites is 1. The molecule has 0 aliphatic carbocycles.